The molecule has 1 fully saturated rings. The van der Waals surface area contributed by atoms with E-state index < -0.39 is 0 Å². The summed E-state index contributed by atoms with van der Waals surface area (Å²) in [6, 6.07) is 0. The molecule has 2 heteroatoms. The molecule has 0 aliphatic heterocycles. The number of hydrogen-bond donors (Lipinski definition) is 0. The molecule has 1 aliphatic carbocycles. The second kappa shape index (κ2) is 7.70. The Morgan fingerprint density at radius 2 is 1.94 bits per heavy atom. The van der Waals surface area contributed by atoms with Gasteiger partial charge >= 0.3 is 5.97 Å². The molecule has 1 rings (SSSR count). The van der Waals surface area contributed by atoms with Crippen LogP contribution in [-0.2, 0) is 9.53 Å². The highest BCUT2D eigenvalue weighted by Gasteiger charge is 2.26. The van der Waals surface area contributed by atoms with Crippen molar-refractivity contribution in [3.63, 3.8) is 0 Å². The molecule has 0 spiro atoms. The van der Waals surface area contributed by atoms with Crippen LogP contribution >= 0.6 is 0 Å². The summed E-state index contributed by atoms with van der Waals surface area (Å²) < 4.78 is 5.32. The van der Waals surface area contributed by atoms with Crippen LogP contribution in [0, 0.1) is 11.8 Å². The first-order valence-corrected chi connectivity index (χ1v) is 6.92. The summed E-state index contributed by atoms with van der Waals surface area (Å²) in [5, 5.41) is 0. The molecule has 16 heavy (non-hydrogen) atoms. The molecule has 0 aromatic heterocycles. The third-order valence-electron chi connectivity index (χ3n) is 3.72. The molecule has 94 valence electrons. The van der Waals surface area contributed by atoms with E-state index in [0.717, 1.165) is 12.8 Å². The minimum atomic E-state index is 0.0306. The minimum absolute atomic E-state index is 0.0306. The molecule has 1 aliphatic rings. The van der Waals surface area contributed by atoms with Gasteiger partial charge in [-0.25, -0.2) is 0 Å². The Morgan fingerprint density at radius 3 is 2.56 bits per heavy atom. The Balaban J connectivity index is 2.18. The maximum Gasteiger partial charge on any atom is 0.308 e. The Bertz CT molecular complexity index is 195. The normalized spacial score (nSPS) is 19.4. The van der Waals surface area contributed by atoms with Crippen LogP contribution in [0.1, 0.15) is 65.2 Å². The van der Waals surface area contributed by atoms with Gasteiger partial charge in [-0.3, -0.25) is 4.79 Å². The summed E-state index contributed by atoms with van der Waals surface area (Å²) in [6.07, 6.45) is 9.70. The summed E-state index contributed by atoms with van der Waals surface area (Å²) in [6.45, 7) is 4.81. The van der Waals surface area contributed by atoms with Crippen LogP contribution in [0.15, 0.2) is 0 Å². The summed E-state index contributed by atoms with van der Waals surface area (Å²) in [5.74, 6) is 0.720. The summed E-state index contributed by atoms with van der Waals surface area (Å²) in [7, 11) is 0. The van der Waals surface area contributed by atoms with E-state index in [1.165, 1.54) is 38.5 Å². The minimum Gasteiger partial charge on any atom is -0.465 e. The molecular formula is C14H26O2. The molecule has 0 N–H and O–H groups in total. The number of carbonyl (C=O) groups excluding carboxylic acids is 1. The zero-order valence-electron chi connectivity index (χ0n) is 10.8. The molecule has 0 radical (unpaired) electrons. The van der Waals surface area contributed by atoms with Crippen molar-refractivity contribution in [1.82, 2.24) is 0 Å². The Labute approximate surface area is 99.8 Å². The molecule has 1 atom stereocenters. The number of rotatable bonds is 6. The van der Waals surface area contributed by atoms with Crippen molar-refractivity contribution >= 4 is 5.97 Å². The summed E-state index contributed by atoms with van der Waals surface area (Å²) in [5.41, 5.74) is 0. The maximum absolute atomic E-state index is 11.8. The van der Waals surface area contributed by atoms with Crippen LogP contribution in [0.2, 0.25) is 0 Å². The number of esters is 1. The van der Waals surface area contributed by atoms with E-state index in [0.29, 0.717) is 12.5 Å². The third kappa shape index (κ3) is 4.54. The standard InChI is InChI=1S/C14H26O2/c1-3-4-8-11-16-14(15)12(2)13-9-6-5-7-10-13/h12-13H,3-11H2,1-2H3. The van der Waals surface area contributed by atoms with E-state index in [-0.39, 0.29) is 11.9 Å². The van der Waals surface area contributed by atoms with Crippen molar-refractivity contribution < 1.29 is 9.53 Å². The zero-order chi connectivity index (χ0) is 11.8. The van der Waals surface area contributed by atoms with Gasteiger partial charge in [0.2, 0.25) is 0 Å². The second-order valence-electron chi connectivity index (χ2n) is 5.06. The van der Waals surface area contributed by atoms with E-state index in [9.17, 15) is 4.79 Å². The Kier molecular flexibility index (Phi) is 6.51. The SMILES string of the molecule is CCCCCOC(=O)C(C)C1CCCCC1. The lowest BCUT2D eigenvalue weighted by Crippen LogP contribution is -2.25. The van der Waals surface area contributed by atoms with Gasteiger partial charge in [-0.15, -0.1) is 0 Å². The number of carbonyl (C=O) groups is 1. The molecule has 0 heterocycles. The van der Waals surface area contributed by atoms with Gasteiger partial charge in [0, 0.05) is 0 Å². The van der Waals surface area contributed by atoms with Crippen LogP contribution in [-0.4, -0.2) is 12.6 Å². The average molecular weight is 226 g/mol. The highest BCUT2D eigenvalue weighted by Crippen LogP contribution is 2.30. The van der Waals surface area contributed by atoms with E-state index in [1.54, 1.807) is 0 Å². The largest absolute Gasteiger partial charge is 0.465 e. The van der Waals surface area contributed by atoms with Gasteiger partial charge in [-0.2, -0.15) is 0 Å². The van der Waals surface area contributed by atoms with Crippen LogP contribution in [0.25, 0.3) is 0 Å². The van der Waals surface area contributed by atoms with Gasteiger partial charge in [0.05, 0.1) is 12.5 Å². The topological polar surface area (TPSA) is 26.3 Å². The molecule has 1 saturated carbocycles. The van der Waals surface area contributed by atoms with Crippen molar-refractivity contribution in [2.45, 2.75) is 65.2 Å². The highest BCUT2D eigenvalue weighted by molar-refractivity contribution is 5.72. The fourth-order valence-electron chi connectivity index (χ4n) is 2.48. The van der Waals surface area contributed by atoms with Crippen molar-refractivity contribution in [2.24, 2.45) is 11.8 Å². The Morgan fingerprint density at radius 1 is 1.25 bits per heavy atom. The van der Waals surface area contributed by atoms with Crippen molar-refractivity contribution in [2.75, 3.05) is 6.61 Å². The molecular weight excluding hydrogens is 200 g/mol. The molecule has 0 amide bonds. The highest BCUT2D eigenvalue weighted by atomic mass is 16.5. The van der Waals surface area contributed by atoms with E-state index in [1.807, 2.05) is 6.92 Å². The van der Waals surface area contributed by atoms with E-state index in [2.05, 4.69) is 6.92 Å². The predicted octanol–water partition coefficient (Wildman–Crippen LogP) is 3.94. The lowest BCUT2D eigenvalue weighted by molar-refractivity contribution is -0.150. The lowest BCUT2D eigenvalue weighted by Gasteiger charge is -2.26. The molecule has 0 aromatic carbocycles. The molecule has 1 unspecified atom stereocenters. The first-order chi connectivity index (χ1) is 7.75. The van der Waals surface area contributed by atoms with Crippen LogP contribution < -0.4 is 0 Å². The summed E-state index contributed by atoms with van der Waals surface area (Å²) >= 11 is 0. The van der Waals surface area contributed by atoms with Crippen molar-refractivity contribution in [3.05, 3.63) is 0 Å². The van der Waals surface area contributed by atoms with Gasteiger partial charge in [0.15, 0.2) is 0 Å². The molecule has 2 nitrogen and oxygen atoms in total. The van der Waals surface area contributed by atoms with E-state index >= 15 is 0 Å². The second-order valence-corrected chi connectivity index (χ2v) is 5.06. The monoisotopic (exact) mass is 226 g/mol. The summed E-state index contributed by atoms with van der Waals surface area (Å²) in [4.78, 5) is 11.8. The lowest BCUT2D eigenvalue weighted by atomic mass is 9.81. The fourth-order valence-corrected chi connectivity index (χ4v) is 2.48. The van der Waals surface area contributed by atoms with E-state index in [4.69, 9.17) is 4.74 Å². The van der Waals surface area contributed by atoms with Gasteiger partial charge in [-0.1, -0.05) is 46.0 Å². The Hall–Kier alpha value is -0.530. The third-order valence-corrected chi connectivity index (χ3v) is 3.72. The molecule has 0 bridgehead atoms. The van der Waals surface area contributed by atoms with Gasteiger partial charge in [-0.05, 0) is 25.2 Å². The molecule has 0 aromatic rings. The molecule has 0 saturated heterocycles. The number of unbranched alkanes of at least 4 members (excludes halogenated alkanes) is 2. The number of hydrogen-bond acceptors (Lipinski definition) is 2. The van der Waals surface area contributed by atoms with Gasteiger partial charge in [0.25, 0.3) is 0 Å². The zero-order valence-corrected chi connectivity index (χ0v) is 10.8. The van der Waals surface area contributed by atoms with Gasteiger partial charge < -0.3 is 4.74 Å². The van der Waals surface area contributed by atoms with Crippen LogP contribution in [0.5, 0.6) is 0 Å². The maximum atomic E-state index is 11.8. The van der Waals surface area contributed by atoms with Crippen molar-refractivity contribution in [1.29, 1.82) is 0 Å². The van der Waals surface area contributed by atoms with Crippen LogP contribution in [0.3, 0.4) is 0 Å². The fraction of sp³-hybridized carbons (Fsp3) is 0.929. The average Bonchev–Trinajstić information content (AvgIpc) is 2.34. The first kappa shape index (κ1) is 13.5. The first-order valence-electron chi connectivity index (χ1n) is 6.92. The van der Waals surface area contributed by atoms with Crippen LogP contribution in [0.4, 0.5) is 0 Å². The van der Waals surface area contributed by atoms with Gasteiger partial charge in [0.1, 0.15) is 0 Å². The quantitative estimate of drug-likeness (QED) is 0.506. The smallest absolute Gasteiger partial charge is 0.308 e. The predicted molar refractivity (Wildman–Crippen MR) is 66.2 cm³/mol. The van der Waals surface area contributed by atoms with Crippen molar-refractivity contribution in [3.8, 4) is 0 Å². The number of ether oxygens (including phenoxy) is 1.